The maximum absolute atomic E-state index is 13.8. The van der Waals surface area contributed by atoms with E-state index in [1.807, 2.05) is 12.3 Å². The molecule has 114 valence electrons. The summed E-state index contributed by atoms with van der Waals surface area (Å²) in [4.78, 5) is 3.11. The van der Waals surface area contributed by atoms with Crippen LogP contribution in [-0.4, -0.2) is 48.5 Å². The molecule has 0 spiro atoms. The van der Waals surface area contributed by atoms with Crippen molar-refractivity contribution in [3.8, 4) is 0 Å². The van der Waals surface area contributed by atoms with Gasteiger partial charge in [-0.05, 0) is 31.5 Å². The van der Waals surface area contributed by atoms with E-state index in [0.717, 1.165) is 18.0 Å². The molecular formula is C15H25FN2OS. The Hall–Kier alpha value is -0.620. The Kier molecular flexibility index (Phi) is 8.14. The van der Waals surface area contributed by atoms with Crippen LogP contribution in [0.25, 0.3) is 0 Å². The third-order valence-electron chi connectivity index (χ3n) is 3.34. The quantitative estimate of drug-likeness (QED) is 0.686. The largest absolute Gasteiger partial charge is 0.390 e. The SMILES string of the molecule is CCN(CC)CC(O)CNCc1c(F)cccc1SC. The average Bonchev–Trinajstić information content (AvgIpc) is 2.46. The highest BCUT2D eigenvalue weighted by atomic mass is 32.2. The first-order valence-electron chi connectivity index (χ1n) is 7.04. The van der Waals surface area contributed by atoms with Gasteiger partial charge in [0.2, 0.25) is 0 Å². The molecule has 0 amide bonds. The van der Waals surface area contributed by atoms with Crippen LogP contribution in [0.1, 0.15) is 19.4 Å². The lowest BCUT2D eigenvalue weighted by molar-refractivity contribution is 0.116. The van der Waals surface area contributed by atoms with Crippen molar-refractivity contribution in [2.24, 2.45) is 0 Å². The molecule has 1 aromatic rings. The van der Waals surface area contributed by atoms with Gasteiger partial charge in [0.25, 0.3) is 0 Å². The van der Waals surface area contributed by atoms with E-state index in [0.29, 0.717) is 25.2 Å². The summed E-state index contributed by atoms with van der Waals surface area (Å²) in [5.41, 5.74) is 0.676. The Morgan fingerprint density at radius 2 is 2.05 bits per heavy atom. The van der Waals surface area contributed by atoms with E-state index in [2.05, 4.69) is 24.1 Å². The molecule has 0 saturated heterocycles. The van der Waals surface area contributed by atoms with Crippen LogP contribution in [0, 0.1) is 5.82 Å². The molecular weight excluding hydrogens is 275 g/mol. The number of halogens is 1. The maximum atomic E-state index is 13.8. The third kappa shape index (κ3) is 5.40. The number of nitrogens with zero attached hydrogens (tertiary/aromatic N) is 1. The topological polar surface area (TPSA) is 35.5 Å². The zero-order valence-electron chi connectivity index (χ0n) is 12.5. The van der Waals surface area contributed by atoms with Gasteiger partial charge in [0.1, 0.15) is 5.82 Å². The summed E-state index contributed by atoms with van der Waals surface area (Å²) < 4.78 is 13.8. The van der Waals surface area contributed by atoms with Gasteiger partial charge in [-0.3, -0.25) is 0 Å². The highest BCUT2D eigenvalue weighted by Gasteiger charge is 2.11. The van der Waals surface area contributed by atoms with Crippen molar-refractivity contribution in [2.75, 3.05) is 32.4 Å². The monoisotopic (exact) mass is 300 g/mol. The van der Waals surface area contributed by atoms with E-state index < -0.39 is 6.10 Å². The van der Waals surface area contributed by atoms with Crippen LogP contribution >= 0.6 is 11.8 Å². The Labute approximate surface area is 125 Å². The van der Waals surface area contributed by atoms with E-state index in [1.54, 1.807) is 6.07 Å². The summed E-state index contributed by atoms with van der Waals surface area (Å²) in [6.45, 7) is 7.57. The first-order valence-corrected chi connectivity index (χ1v) is 8.27. The lowest BCUT2D eigenvalue weighted by Gasteiger charge is -2.22. The Morgan fingerprint density at radius 1 is 1.35 bits per heavy atom. The summed E-state index contributed by atoms with van der Waals surface area (Å²) in [5.74, 6) is -0.192. The van der Waals surface area contributed by atoms with Crippen LogP contribution in [0.2, 0.25) is 0 Å². The molecule has 0 bridgehead atoms. The molecule has 3 nitrogen and oxygen atoms in total. The molecule has 1 rings (SSSR count). The van der Waals surface area contributed by atoms with Gasteiger partial charge in [-0.2, -0.15) is 0 Å². The lowest BCUT2D eigenvalue weighted by atomic mass is 10.2. The fourth-order valence-electron chi connectivity index (χ4n) is 2.11. The molecule has 20 heavy (non-hydrogen) atoms. The van der Waals surface area contributed by atoms with Crippen LogP contribution in [-0.2, 0) is 6.54 Å². The molecule has 1 aromatic carbocycles. The lowest BCUT2D eigenvalue weighted by Crippen LogP contribution is -2.38. The molecule has 0 saturated carbocycles. The molecule has 0 radical (unpaired) electrons. The van der Waals surface area contributed by atoms with Crippen molar-refractivity contribution < 1.29 is 9.50 Å². The van der Waals surface area contributed by atoms with E-state index >= 15 is 0 Å². The summed E-state index contributed by atoms with van der Waals surface area (Å²) in [6, 6.07) is 5.11. The minimum Gasteiger partial charge on any atom is -0.390 e. The number of hydrogen-bond acceptors (Lipinski definition) is 4. The Balaban J connectivity index is 2.44. The van der Waals surface area contributed by atoms with Crippen molar-refractivity contribution in [2.45, 2.75) is 31.4 Å². The van der Waals surface area contributed by atoms with Crippen LogP contribution in [0.4, 0.5) is 4.39 Å². The van der Waals surface area contributed by atoms with Crippen LogP contribution < -0.4 is 5.32 Å². The number of nitrogens with one attached hydrogen (secondary N) is 1. The maximum Gasteiger partial charge on any atom is 0.128 e. The predicted molar refractivity (Wildman–Crippen MR) is 83.7 cm³/mol. The van der Waals surface area contributed by atoms with E-state index in [9.17, 15) is 9.50 Å². The smallest absolute Gasteiger partial charge is 0.128 e. The molecule has 0 aromatic heterocycles. The zero-order chi connectivity index (χ0) is 15.0. The van der Waals surface area contributed by atoms with Crippen molar-refractivity contribution in [1.82, 2.24) is 10.2 Å². The second kappa shape index (κ2) is 9.34. The number of thioether (sulfide) groups is 1. The standard InChI is InChI=1S/C15H25FN2OS/c1-4-18(5-2)11-12(19)9-17-10-13-14(16)7-6-8-15(13)20-3/h6-8,12,17,19H,4-5,9-11H2,1-3H3. The number of hydrogen-bond donors (Lipinski definition) is 2. The number of aliphatic hydroxyl groups excluding tert-OH is 1. The van der Waals surface area contributed by atoms with Crippen molar-refractivity contribution in [1.29, 1.82) is 0 Å². The predicted octanol–water partition coefficient (Wildman–Crippen LogP) is 2.34. The zero-order valence-corrected chi connectivity index (χ0v) is 13.3. The van der Waals surface area contributed by atoms with Crippen molar-refractivity contribution in [3.05, 3.63) is 29.6 Å². The second-order valence-electron chi connectivity index (χ2n) is 4.69. The summed E-state index contributed by atoms with van der Waals surface area (Å²) in [5, 5.41) is 13.1. The highest BCUT2D eigenvalue weighted by Crippen LogP contribution is 2.22. The number of benzene rings is 1. The second-order valence-corrected chi connectivity index (χ2v) is 5.54. The molecule has 0 aliphatic rings. The van der Waals surface area contributed by atoms with Gasteiger partial charge in [-0.25, -0.2) is 4.39 Å². The summed E-state index contributed by atoms with van der Waals surface area (Å²) in [7, 11) is 0. The molecule has 1 unspecified atom stereocenters. The molecule has 1 atom stereocenters. The molecule has 0 fully saturated rings. The van der Waals surface area contributed by atoms with Gasteiger partial charge < -0.3 is 15.3 Å². The third-order valence-corrected chi connectivity index (χ3v) is 4.16. The number of aliphatic hydroxyl groups is 1. The van der Waals surface area contributed by atoms with Gasteiger partial charge in [0, 0.05) is 30.1 Å². The Bertz CT molecular complexity index is 399. The van der Waals surface area contributed by atoms with Gasteiger partial charge in [0.15, 0.2) is 0 Å². The molecule has 0 aliphatic carbocycles. The van der Waals surface area contributed by atoms with Gasteiger partial charge in [0.05, 0.1) is 6.10 Å². The minimum absolute atomic E-state index is 0.192. The van der Waals surface area contributed by atoms with Crippen molar-refractivity contribution >= 4 is 11.8 Å². The number of rotatable bonds is 9. The molecule has 0 aliphatic heterocycles. The summed E-state index contributed by atoms with van der Waals surface area (Å²) in [6.07, 6.45) is 1.51. The van der Waals surface area contributed by atoms with Gasteiger partial charge in [-0.1, -0.05) is 19.9 Å². The van der Waals surface area contributed by atoms with Gasteiger partial charge >= 0.3 is 0 Å². The molecule has 0 heterocycles. The first-order chi connectivity index (χ1) is 9.62. The molecule has 2 N–H and O–H groups in total. The fourth-order valence-corrected chi connectivity index (χ4v) is 2.74. The summed E-state index contributed by atoms with van der Waals surface area (Å²) >= 11 is 1.54. The Morgan fingerprint density at radius 3 is 2.65 bits per heavy atom. The number of likely N-dealkylation sites (N-methyl/N-ethyl adjacent to an activating group) is 1. The van der Waals surface area contributed by atoms with E-state index in [1.165, 1.54) is 17.8 Å². The normalized spacial score (nSPS) is 12.9. The molecule has 5 heteroatoms. The van der Waals surface area contributed by atoms with Crippen LogP contribution in [0.5, 0.6) is 0 Å². The van der Waals surface area contributed by atoms with Gasteiger partial charge in [-0.15, -0.1) is 11.8 Å². The van der Waals surface area contributed by atoms with Crippen LogP contribution in [0.15, 0.2) is 23.1 Å². The van der Waals surface area contributed by atoms with E-state index in [-0.39, 0.29) is 5.82 Å². The van der Waals surface area contributed by atoms with E-state index in [4.69, 9.17) is 0 Å². The fraction of sp³-hybridized carbons (Fsp3) is 0.600. The highest BCUT2D eigenvalue weighted by molar-refractivity contribution is 7.98. The minimum atomic E-state index is -0.431. The van der Waals surface area contributed by atoms with Crippen molar-refractivity contribution in [3.63, 3.8) is 0 Å². The average molecular weight is 300 g/mol. The van der Waals surface area contributed by atoms with Crippen LogP contribution in [0.3, 0.4) is 0 Å². The first kappa shape index (κ1) is 17.4.